The van der Waals surface area contributed by atoms with Crippen LogP contribution < -0.4 is 4.90 Å². The molecule has 1 saturated heterocycles. The second-order valence-corrected chi connectivity index (χ2v) is 7.85. The van der Waals surface area contributed by atoms with Crippen molar-refractivity contribution in [3.8, 4) is 0 Å². The summed E-state index contributed by atoms with van der Waals surface area (Å²) >= 11 is 1.42. The molecule has 28 heavy (non-hydrogen) atoms. The average Bonchev–Trinajstić information content (AvgIpc) is 2.99. The van der Waals surface area contributed by atoms with E-state index in [2.05, 4.69) is 10.2 Å². The lowest BCUT2D eigenvalue weighted by Gasteiger charge is -2.15. The molecule has 0 spiro atoms. The monoisotopic (exact) mass is 398 g/mol. The van der Waals surface area contributed by atoms with Crippen molar-refractivity contribution in [2.24, 2.45) is 10.2 Å². The minimum absolute atomic E-state index is 0.0149. The Morgan fingerprint density at radius 3 is 2.43 bits per heavy atom. The van der Waals surface area contributed by atoms with Crippen molar-refractivity contribution >= 4 is 34.7 Å². The van der Waals surface area contributed by atoms with Crippen molar-refractivity contribution in [1.29, 1.82) is 0 Å². The van der Waals surface area contributed by atoms with Gasteiger partial charge in [-0.25, -0.2) is 4.39 Å². The molecule has 0 aromatic heterocycles. The van der Waals surface area contributed by atoms with E-state index < -0.39 is 0 Å². The number of carbonyl (C=O) groups excluding carboxylic acids is 1. The maximum Gasteiger partial charge on any atom is 0.242 e. The van der Waals surface area contributed by atoms with Crippen LogP contribution in [0.1, 0.15) is 24.5 Å². The lowest BCUT2D eigenvalue weighted by molar-refractivity contribution is -0.126. The molecule has 3 rings (SSSR count). The van der Waals surface area contributed by atoms with Gasteiger partial charge in [-0.05, 0) is 41.8 Å². The average molecular weight is 399 g/mol. The van der Waals surface area contributed by atoms with Crippen molar-refractivity contribution in [1.82, 2.24) is 4.90 Å². The molecule has 7 heteroatoms. The topological polar surface area (TPSA) is 48.3 Å². The number of halogens is 1. The summed E-state index contributed by atoms with van der Waals surface area (Å²) in [6, 6.07) is 14.1. The minimum Gasteiger partial charge on any atom is -0.378 e. The van der Waals surface area contributed by atoms with Crippen LogP contribution in [0.2, 0.25) is 0 Å². The molecular formula is C21H23FN4OS. The number of hydrogen-bond acceptors (Lipinski definition) is 5. The number of nitrogens with zero attached hydrogens (tertiary/aromatic N) is 4. The van der Waals surface area contributed by atoms with E-state index in [0.717, 1.165) is 23.2 Å². The zero-order valence-electron chi connectivity index (χ0n) is 16.2. The van der Waals surface area contributed by atoms with Crippen molar-refractivity contribution in [2.45, 2.75) is 25.1 Å². The van der Waals surface area contributed by atoms with Crippen LogP contribution >= 0.6 is 11.8 Å². The lowest BCUT2D eigenvalue weighted by atomic mass is 10.2. The second kappa shape index (κ2) is 9.01. The first-order valence-corrected chi connectivity index (χ1v) is 9.96. The molecule has 146 valence electrons. The van der Waals surface area contributed by atoms with Gasteiger partial charge >= 0.3 is 0 Å². The minimum atomic E-state index is -0.295. The number of thioether (sulfide) groups is 1. The summed E-state index contributed by atoms with van der Waals surface area (Å²) in [5, 5.41) is 8.88. The number of carbonyl (C=O) groups is 1. The Kier molecular flexibility index (Phi) is 6.46. The highest BCUT2D eigenvalue weighted by atomic mass is 32.2. The molecule has 1 unspecified atom stereocenters. The summed E-state index contributed by atoms with van der Waals surface area (Å²) < 4.78 is 13.1. The fourth-order valence-corrected chi connectivity index (χ4v) is 3.79. The van der Waals surface area contributed by atoms with Gasteiger partial charge in [-0.2, -0.15) is 5.10 Å². The van der Waals surface area contributed by atoms with Crippen LogP contribution in [-0.2, 0) is 11.3 Å². The van der Waals surface area contributed by atoms with Crippen molar-refractivity contribution < 1.29 is 9.18 Å². The SMILES string of the molecule is CCC1SC(=NN=Cc2ccc(N(C)C)cc2)N(Cc2ccc(F)cc2)C1=O. The molecular weight excluding hydrogens is 375 g/mol. The lowest BCUT2D eigenvalue weighted by Crippen LogP contribution is -2.31. The number of hydrogen-bond donors (Lipinski definition) is 0. The largest absolute Gasteiger partial charge is 0.378 e. The zero-order chi connectivity index (χ0) is 20.1. The van der Waals surface area contributed by atoms with E-state index >= 15 is 0 Å². The predicted octanol–water partition coefficient (Wildman–Crippen LogP) is 4.14. The first kappa shape index (κ1) is 20.1. The third-order valence-corrected chi connectivity index (χ3v) is 5.74. The Morgan fingerprint density at radius 1 is 1.14 bits per heavy atom. The number of anilines is 1. The summed E-state index contributed by atoms with van der Waals surface area (Å²) in [6.07, 6.45) is 2.39. The number of amides is 1. The Hall–Kier alpha value is -2.67. The predicted molar refractivity (Wildman–Crippen MR) is 114 cm³/mol. The zero-order valence-corrected chi connectivity index (χ0v) is 17.0. The molecule has 0 N–H and O–H groups in total. The molecule has 1 atom stereocenters. The van der Waals surface area contributed by atoms with E-state index in [4.69, 9.17) is 0 Å². The summed E-state index contributed by atoms with van der Waals surface area (Å²) in [6.45, 7) is 2.33. The van der Waals surface area contributed by atoms with Crippen molar-refractivity contribution in [3.05, 3.63) is 65.5 Å². The van der Waals surface area contributed by atoms with Gasteiger partial charge in [0.1, 0.15) is 5.82 Å². The highest BCUT2D eigenvalue weighted by molar-refractivity contribution is 8.15. The van der Waals surface area contributed by atoms with Crippen LogP contribution in [0.3, 0.4) is 0 Å². The van der Waals surface area contributed by atoms with E-state index in [-0.39, 0.29) is 17.0 Å². The fourth-order valence-electron chi connectivity index (χ4n) is 2.77. The van der Waals surface area contributed by atoms with Crippen LogP contribution in [0.5, 0.6) is 0 Å². The fraction of sp³-hybridized carbons (Fsp3) is 0.286. The van der Waals surface area contributed by atoms with Gasteiger partial charge < -0.3 is 4.90 Å². The van der Waals surface area contributed by atoms with Crippen molar-refractivity contribution in [2.75, 3.05) is 19.0 Å². The number of amidine groups is 1. The number of benzene rings is 2. The van der Waals surface area contributed by atoms with Gasteiger partial charge in [-0.15, -0.1) is 5.10 Å². The molecule has 5 nitrogen and oxygen atoms in total. The molecule has 0 saturated carbocycles. The molecule has 0 aliphatic carbocycles. The molecule has 0 bridgehead atoms. The van der Waals surface area contributed by atoms with E-state index in [1.807, 2.05) is 50.2 Å². The quantitative estimate of drug-likeness (QED) is 0.543. The van der Waals surface area contributed by atoms with Crippen LogP contribution in [0.25, 0.3) is 0 Å². The summed E-state index contributed by atoms with van der Waals surface area (Å²) in [5.41, 5.74) is 2.89. The van der Waals surface area contributed by atoms with Crippen LogP contribution in [0.15, 0.2) is 58.7 Å². The molecule has 1 heterocycles. The maximum atomic E-state index is 13.1. The van der Waals surface area contributed by atoms with Gasteiger partial charge in [0.2, 0.25) is 5.91 Å². The normalized spacial score (nSPS) is 18.4. The van der Waals surface area contributed by atoms with Gasteiger partial charge in [0, 0.05) is 19.8 Å². The Morgan fingerprint density at radius 2 is 1.82 bits per heavy atom. The van der Waals surface area contributed by atoms with Crippen LogP contribution in [-0.4, -0.2) is 41.5 Å². The van der Waals surface area contributed by atoms with E-state index in [1.165, 1.54) is 23.9 Å². The van der Waals surface area contributed by atoms with Gasteiger partial charge in [-0.3, -0.25) is 9.69 Å². The smallest absolute Gasteiger partial charge is 0.242 e. The molecule has 2 aromatic carbocycles. The molecule has 1 aliphatic heterocycles. The third kappa shape index (κ3) is 4.78. The van der Waals surface area contributed by atoms with E-state index in [1.54, 1.807) is 23.2 Å². The number of rotatable bonds is 6. The molecule has 1 aliphatic rings. The second-order valence-electron chi connectivity index (χ2n) is 6.68. The van der Waals surface area contributed by atoms with Crippen LogP contribution in [0.4, 0.5) is 10.1 Å². The van der Waals surface area contributed by atoms with Crippen molar-refractivity contribution in [3.63, 3.8) is 0 Å². The Balaban J connectivity index is 1.76. The highest BCUT2D eigenvalue weighted by Gasteiger charge is 2.36. The molecule has 0 radical (unpaired) electrons. The Labute approximate surface area is 168 Å². The summed E-state index contributed by atoms with van der Waals surface area (Å²) in [4.78, 5) is 16.3. The highest BCUT2D eigenvalue weighted by Crippen LogP contribution is 2.30. The summed E-state index contributed by atoms with van der Waals surface area (Å²) in [5.74, 6) is -0.280. The van der Waals surface area contributed by atoms with Gasteiger partial charge in [-0.1, -0.05) is 43.0 Å². The van der Waals surface area contributed by atoms with Gasteiger partial charge in [0.15, 0.2) is 5.17 Å². The summed E-state index contributed by atoms with van der Waals surface area (Å²) in [7, 11) is 3.98. The first-order chi connectivity index (χ1) is 13.5. The van der Waals surface area contributed by atoms with Gasteiger partial charge in [0.25, 0.3) is 0 Å². The maximum absolute atomic E-state index is 13.1. The van der Waals surface area contributed by atoms with E-state index in [9.17, 15) is 9.18 Å². The molecule has 1 fully saturated rings. The molecule has 1 amide bonds. The first-order valence-electron chi connectivity index (χ1n) is 9.09. The van der Waals surface area contributed by atoms with Gasteiger partial charge in [0.05, 0.1) is 18.0 Å². The Bertz CT molecular complexity index is 878. The third-order valence-electron chi connectivity index (χ3n) is 4.40. The molecule has 2 aromatic rings. The standard InChI is InChI=1S/C21H23FN4OS/c1-4-19-20(27)26(14-16-5-9-17(22)10-6-16)21(28-19)24-23-13-15-7-11-18(12-8-15)25(2)3/h5-13,19H,4,14H2,1-3H3. The van der Waals surface area contributed by atoms with Crippen LogP contribution in [0, 0.1) is 5.82 Å². The van der Waals surface area contributed by atoms with E-state index in [0.29, 0.717) is 11.7 Å².